The van der Waals surface area contributed by atoms with Crippen LogP contribution in [0.25, 0.3) is 0 Å². The third-order valence-corrected chi connectivity index (χ3v) is 3.87. The van der Waals surface area contributed by atoms with Gasteiger partial charge in [0.25, 0.3) is 5.69 Å². The van der Waals surface area contributed by atoms with E-state index in [9.17, 15) is 25.0 Å². The maximum atomic E-state index is 12.5. The molecule has 138 valence electrons. The first-order valence-electron chi connectivity index (χ1n) is 7.50. The number of rotatable bonds is 6. The molecule has 0 fully saturated rings. The number of hydrogen-bond donors (Lipinski definition) is 1. The number of amides is 1. The molecule has 1 amide bonds. The van der Waals surface area contributed by atoms with E-state index in [1.807, 2.05) is 0 Å². The average Bonchev–Trinajstić information content (AvgIpc) is 2.88. The monoisotopic (exact) mass is 363 g/mol. The fourth-order valence-electron chi connectivity index (χ4n) is 2.54. The Morgan fingerprint density at radius 2 is 1.92 bits per heavy atom. The number of carbonyl (C=O) groups is 1. The van der Waals surface area contributed by atoms with Crippen LogP contribution in [0.5, 0.6) is 5.75 Å². The fourth-order valence-corrected chi connectivity index (χ4v) is 2.54. The molecule has 26 heavy (non-hydrogen) atoms. The van der Waals surface area contributed by atoms with Crippen LogP contribution in [-0.4, -0.2) is 32.6 Å². The van der Waals surface area contributed by atoms with Crippen LogP contribution in [0, 0.1) is 34.1 Å². The molecule has 2 rings (SSSR count). The summed E-state index contributed by atoms with van der Waals surface area (Å²) in [5, 5.41) is 28.6. The zero-order chi connectivity index (χ0) is 19.6. The minimum absolute atomic E-state index is 0.124. The third kappa shape index (κ3) is 3.45. The van der Waals surface area contributed by atoms with Gasteiger partial charge in [0.15, 0.2) is 0 Å². The molecule has 0 aliphatic heterocycles. The lowest BCUT2D eigenvalue weighted by atomic mass is 10.2. The molecule has 1 aromatic heterocycles. The predicted molar refractivity (Wildman–Crippen MR) is 91.3 cm³/mol. The van der Waals surface area contributed by atoms with Crippen LogP contribution in [-0.2, 0) is 4.79 Å². The van der Waals surface area contributed by atoms with Crippen LogP contribution < -0.4 is 10.1 Å². The minimum Gasteiger partial charge on any atom is -0.494 e. The molecule has 1 N–H and O–H groups in total. The highest BCUT2D eigenvalue weighted by Gasteiger charge is 2.27. The van der Waals surface area contributed by atoms with Gasteiger partial charge in [-0.2, -0.15) is 5.10 Å². The second-order valence-electron chi connectivity index (χ2n) is 5.53. The van der Waals surface area contributed by atoms with Gasteiger partial charge in [0, 0.05) is 6.07 Å². The van der Waals surface area contributed by atoms with Crippen LogP contribution in [0.2, 0.25) is 0 Å². The molecule has 11 heteroatoms. The van der Waals surface area contributed by atoms with E-state index >= 15 is 0 Å². The maximum Gasteiger partial charge on any atom is 0.312 e. The van der Waals surface area contributed by atoms with Crippen molar-refractivity contribution in [3.05, 3.63) is 49.8 Å². The zero-order valence-electron chi connectivity index (χ0n) is 14.5. The first-order chi connectivity index (χ1) is 12.2. The van der Waals surface area contributed by atoms with Crippen molar-refractivity contribution in [3.63, 3.8) is 0 Å². The smallest absolute Gasteiger partial charge is 0.312 e. The molecule has 1 unspecified atom stereocenters. The van der Waals surface area contributed by atoms with Gasteiger partial charge in [-0.25, -0.2) is 0 Å². The standard InChI is InChI=1S/C15H17N5O6/c1-8-14(20(24)25)9(2)18(17-8)10(3)15(21)16-12-6-5-11(19(22)23)7-13(12)26-4/h5-7,10H,1-4H3,(H,16,21). The van der Waals surface area contributed by atoms with Crippen LogP contribution in [0.15, 0.2) is 18.2 Å². The SMILES string of the molecule is COc1cc([N+](=O)[O-])ccc1NC(=O)C(C)n1nc(C)c([N+](=O)[O-])c1C. The number of nitrogens with zero attached hydrogens (tertiary/aromatic N) is 4. The van der Waals surface area contributed by atoms with Crippen LogP contribution in [0.1, 0.15) is 24.4 Å². The van der Waals surface area contributed by atoms with Crippen molar-refractivity contribution in [2.24, 2.45) is 0 Å². The number of nitrogens with one attached hydrogen (secondary N) is 1. The topological polar surface area (TPSA) is 142 Å². The van der Waals surface area contributed by atoms with E-state index in [0.29, 0.717) is 0 Å². The van der Waals surface area contributed by atoms with Crippen molar-refractivity contribution in [1.82, 2.24) is 9.78 Å². The number of non-ortho nitro benzene ring substituents is 1. The Morgan fingerprint density at radius 1 is 1.27 bits per heavy atom. The number of nitro groups is 2. The van der Waals surface area contributed by atoms with Crippen molar-refractivity contribution in [3.8, 4) is 5.75 Å². The Morgan fingerprint density at radius 3 is 2.42 bits per heavy atom. The molecule has 0 saturated carbocycles. The van der Waals surface area contributed by atoms with Gasteiger partial charge in [-0.05, 0) is 26.8 Å². The van der Waals surface area contributed by atoms with E-state index in [2.05, 4.69) is 10.4 Å². The summed E-state index contributed by atoms with van der Waals surface area (Å²) in [6.45, 7) is 4.54. The second kappa shape index (κ2) is 7.17. The summed E-state index contributed by atoms with van der Waals surface area (Å²) in [4.78, 5) is 33.3. The Bertz CT molecular complexity index is 891. The molecule has 0 spiro atoms. The van der Waals surface area contributed by atoms with E-state index in [-0.39, 0.29) is 34.2 Å². The summed E-state index contributed by atoms with van der Waals surface area (Å²) < 4.78 is 6.33. The number of hydrogen-bond acceptors (Lipinski definition) is 7. The molecular weight excluding hydrogens is 346 g/mol. The van der Waals surface area contributed by atoms with Crippen molar-refractivity contribution in [2.75, 3.05) is 12.4 Å². The first kappa shape index (κ1) is 18.8. The predicted octanol–water partition coefficient (Wildman–Crippen LogP) is 2.52. The Hall–Kier alpha value is -3.50. The molecule has 2 aromatic rings. The van der Waals surface area contributed by atoms with E-state index in [1.54, 1.807) is 0 Å². The number of carbonyl (C=O) groups excluding carboxylic acids is 1. The summed E-state index contributed by atoms with van der Waals surface area (Å²) in [6.07, 6.45) is 0. The number of aromatic nitrogens is 2. The molecule has 0 aliphatic carbocycles. The number of ether oxygens (including phenoxy) is 1. The Balaban J connectivity index is 2.29. The molecule has 0 radical (unpaired) electrons. The van der Waals surface area contributed by atoms with Gasteiger partial charge >= 0.3 is 5.69 Å². The molecule has 1 atom stereocenters. The highest BCUT2D eigenvalue weighted by Crippen LogP contribution is 2.30. The third-order valence-electron chi connectivity index (χ3n) is 3.87. The summed E-state index contributed by atoms with van der Waals surface area (Å²) in [6, 6.07) is 2.93. The summed E-state index contributed by atoms with van der Waals surface area (Å²) in [7, 11) is 1.32. The lowest BCUT2D eigenvalue weighted by molar-refractivity contribution is -0.386. The van der Waals surface area contributed by atoms with Crippen molar-refractivity contribution >= 4 is 23.0 Å². The number of nitro benzene ring substituents is 1. The van der Waals surface area contributed by atoms with Gasteiger partial charge in [-0.15, -0.1) is 0 Å². The lowest BCUT2D eigenvalue weighted by Crippen LogP contribution is -2.25. The average molecular weight is 363 g/mol. The molecule has 0 saturated heterocycles. The fraction of sp³-hybridized carbons (Fsp3) is 0.333. The maximum absolute atomic E-state index is 12.5. The summed E-state index contributed by atoms with van der Waals surface area (Å²) in [5.74, 6) is -0.378. The van der Waals surface area contributed by atoms with Gasteiger partial charge in [-0.1, -0.05) is 0 Å². The molecular formula is C15H17N5O6. The number of aryl methyl sites for hydroxylation is 1. The second-order valence-corrected chi connectivity index (χ2v) is 5.53. The van der Waals surface area contributed by atoms with Crippen LogP contribution in [0.3, 0.4) is 0 Å². The first-order valence-corrected chi connectivity index (χ1v) is 7.50. The van der Waals surface area contributed by atoms with Crippen molar-refractivity contribution in [1.29, 1.82) is 0 Å². The van der Waals surface area contributed by atoms with Crippen LogP contribution >= 0.6 is 0 Å². The van der Waals surface area contributed by atoms with Crippen molar-refractivity contribution < 1.29 is 19.4 Å². The largest absolute Gasteiger partial charge is 0.494 e. The minimum atomic E-state index is -0.845. The summed E-state index contributed by atoms with van der Waals surface area (Å²) in [5.41, 5.74) is 0.386. The molecule has 1 heterocycles. The van der Waals surface area contributed by atoms with E-state index < -0.39 is 21.8 Å². The Labute approximate surface area is 147 Å². The number of benzene rings is 1. The van der Waals surface area contributed by atoms with Gasteiger partial charge in [0.1, 0.15) is 23.2 Å². The Kier molecular flexibility index (Phi) is 5.19. The van der Waals surface area contributed by atoms with Crippen molar-refractivity contribution in [2.45, 2.75) is 26.8 Å². The molecule has 0 aliphatic rings. The van der Waals surface area contributed by atoms with Gasteiger partial charge in [0.2, 0.25) is 5.91 Å². The number of methoxy groups -OCH3 is 1. The molecule has 0 bridgehead atoms. The molecule has 11 nitrogen and oxygen atoms in total. The van der Waals surface area contributed by atoms with Gasteiger partial charge < -0.3 is 10.1 Å². The highest BCUT2D eigenvalue weighted by molar-refractivity contribution is 5.95. The van der Waals surface area contributed by atoms with E-state index in [1.165, 1.54) is 50.8 Å². The van der Waals surface area contributed by atoms with Crippen LogP contribution in [0.4, 0.5) is 17.1 Å². The van der Waals surface area contributed by atoms with Gasteiger partial charge in [-0.3, -0.25) is 29.7 Å². The quantitative estimate of drug-likeness (QED) is 0.613. The zero-order valence-corrected chi connectivity index (χ0v) is 14.5. The summed E-state index contributed by atoms with van der Waals surface area (Å²) >= 11 is 0. The normalized spacial score (nSPS) is 11.7. The lowest BCUT2D eigenvalue weighted by Gasteiger charge is -2.15. The van der Waals surface area contributed by atoms with Gasteiger partial charge in [0.05, 0.1) is 28.7 Å². The highest BCUT2D eigenvalue weighted by atomic mass is 16.6. The van der Waals surface area contributed by atoms with E-state index in [4.69, 9.17) is 4.74 Å². The van der Waals surface area contributed by atoms with E-state index in [0.717, 1.165) is 0 Å². The number of anilines is 1. The molecule has 1 aromatic carbocycles.